The summed E-state index contributed by atoms with van der Waals surface area (Å²) in [5, 5.41) is 0.835. The number of piperidine rings is 1. The fourth-order valence-electron chi connectivity index (χ4n) is 3.13. The summed E-state index contributed by atoms with van der Waals surface area (Å²) in [7, 11) is -3.46. The van der Waals surface area contributed by atoms with E-state index in [1.165, 1.54) is 0 Å². The van der Waals surface area contributed by atoms with Crippen LogP contribution in [-0.4, -0.2) is 31.4 Å². The van der Waals surface area contributed by atoms with Gasteiger partial charge in [0.15, 0.2) is 0 Å². The lowest BCUT2D eigenvalue weighted by molar-refractivity contribution is 0.247. The molecule has 2 atom stereocenters. The second-order valence-corrected chi connectivity index (χ2v) is 8.82. The molecule has 0 radical (unpaired) electrons. The van der Waals surface area contributed by atoms with Gasteiger partial charge in [-0.3, -0.25) is 0 Å². The molecule has 0 unspecified atom stereocenters. The van der Waals surface area contributed by atoms with Gasteiger partial charge in [-0.15, -0.1) is 11.3 Å². The molecule has 1 fully saturated rings. The Morgan fingerprint density at radius 3 is 2.76 bits per heavy atom. The maximum atomic E-state index is 13.1. The van der Waals surface area contributed by atoms with Gasteiger partial charge >= 0.3 is 0 Å². The molecule has 1 saturated heterocycles. The van der Waals surface area contributed by atoms with Crippen LogP contribution < -0.4 is 5.73 Å². The van der Waals surface area contributed by atoms with E-state index in [9.17, 15) is 8.42 Å². The molecule has 2 heterocycles. The van der Waals surface area contributed by atoms with E-state index in [4.69, 9.17) is 5.73 Å². The Morgan fingerprint density at radius 1 is 1.33 bits per heavy atom. The molecule has 0 aliphatic carbocycles. The van der Waals surface area contributed by atoms with Crippen LogP contribution in [-0.2, 0) is 10.0 Å². The summed E-state index contributed by atoms with van der Waals surface area (Å²) in [5.41, 5.74) is 5.95. The zero-order chi connectivity index (χ0) is 15.2. The van der Waals surface area contributed by atoms with Crippen molar-refractivity contribution in [3.05, 3.63) is 29.1 Å². The Balaban J connectivity index is 2.10. The standard InChI is InChI=1S/C15H20N2O2S2/c1-10-9-12(16)7-8-17(10)21(18,19)15-11(2)20-14-6-4-3-5-13(14)15/h3-6,10,12H,7-9,16H2,1-2H3/t10-,12-/m1/s1. The zero-order valence-electron chi connectivity index (χ0n) is 12.2. The largest absolute Gasteiger partial charge is 0.328 e. The van der Waals surface area contributed by atoms with E-state index in [0.29, 0.717) is 11.4 Å². The smallest absolute Gasteiger partial charge is 0.245 e. The van der Waals surface area contributed by atoms with Gasteiger partial charge in [-0.1, -0.05) is 18.2 Å². The normalized spacial score (nSPS) is 24.5. The van der Waals surface area contributed by atoms with Crippen LogP contribution in [0.25, 0.3) is 10.1 Å². The van der Waals surface area contributed by atoms with Gasteiger partial charge in [0.05, 0.1) is 0 Å². The van der Waals surface area contributed by atoms with Gasteiger partial charge in [0, 0.05) is 33.6 Å². The van der Waals surface area contributed by atoms with Crippen molar-refractivity contribution in [1.29, 1.82) is 0 Å². The molecule has 2 N–H and O–H groups in total. The first-order valence-corrected chi connectivity index (χ1v) is 9.42. The maximum Gasteiger partial charge on any atom is 0.245 e. The molecule has 6 heteroatoms. The third kappa shape index (κ3) is 2.50. The summed E-state index contributed by atoms with van der Waals surface area (Å²) in [5.74, 6) is 0. The van der Waals surface area contributed by atoms with Crippen LogP contribution in [0, 0.1) is 6.92 Å². The summed E-state index contributed by atoms with van der Waals surface area (Å²) in [6.07, 6.45) is 1.45. The Labute approximate surface area is 129 Å². The van der Waals surface area contributed by atoms with Crippen molar-refractivity contribution in [2.45, 2.75) is 43.7 Å². The van der Waals surface area contributed by atoms with Gasteiger partial charge in [-0.2, -0.15) is 4.31 Å². The highest BCUT2D eigenvalue weighted by atomic mass is 32.2. The van der Waals surface area contributed by atoms with Gasteiger partial charge in [0.2, 0.25) is 10.0 Å². The molecule has 3 rings (SSSR count). The average molecular weight is 324 g/mol. The van der Waals surface area contributed by atoms with Gasteiger partial charge in [0.25, 0.3) is 0 Å². The third-order valence-electron chi connectivity index (χ3n) is 4.14. The molecule has 21 heavy (non-hydrogen) atoms. The van der Waals surface area contributed by atoms with Crippen LogP contribution in [0.5, 0.6) is 0 Å². The van der Waals surface area contributed by atoms with Crippen molar-refractivity contribution in [3.63, 3.8) is 0 Å². The number of hydrogen-bond acceptors (Lipinski definition) is 4. The number of rotatable bonds is 2. The van der Waals surface area contributed by atoms with Crippen LogP contribution in [0.2, 0.25) is 0 Å². The van der Waals surface area contributed by atoms with Crippen LogP contribution in [0.4, 0.5) is 0 Å². The fourth-order valence-corrected chi connectivity index (χ4v) is 6.55. The Kier molecular flexibility index (Phi) is 3.81. The predicted octanol–water partition coefficient (Wildman–Crippen LogP) is 2.71. The lowest BCUT2D eigenvalue weighted by Gasteiger charge is -2.35. The first-order valence-electron chi connectivity index (χ1n) is 7.17. The number of aryl methyl sites for hydroxylation is 1. The maximum absolute atomic E-state index is 13.1. The Bertz CT molecular complexity index is 767. The molecular weight excluding hydrogens is 304 g/mol. The average Bonchev–Trinajstić information content (AvgIpc) is 2.74. The van der Waals surface area contributed by atoms with E-state index >= 15 is 0 Å². The topological polar surface area (TPSA) is 63.4 Å². The lowest BCUT2D eigenvalue weighted by atomic mass is 10.0. The van der Waals surface area contributed by atoms with Crippen LogP contribution in [0.1, 0.15) is 24.6 Å². The van der Waals surface area contributed by atoms with Gasteiger partial charge in [-0.25, -0.2) is 8.42 Å². The highest BCUT2D eigenvalue weighted by molar-refractivity contribution is 7.89. The number of hydrogen-bond donors (Lipinski definition) is 1. The number of fused-ring (bicyclic) bond motifs is 1. The van der Waals surface area contributed by atoms with Crippen LogP contribution in [0.15, 0.2) is 29.2 Å². The first kappa shape index (κ1) is 15.0. The minimum absolute atomic E-state index is 0.0446. The minimum Gasteiger partial charge on any atom is -0.328 e. The van der Waals surface area contributed by atoms with Crippen molar-refractivity contribution in [3.8, 4) is 0 Å². The molecule has 4 nitrogen and oxygen atoms in total. The Morgan fingerprint density at radius 2 is 2.05 bits per heavy atom. The molecule has 0 bridgehead atoms. The number of nitrogens with two attached hydrogens (primary N) is 1. The summed E-state index contributed by atoms with van der Waals surface area (Å²) in [6.45, 7) is 4.34. The lowest BCUT2D eigenvalue weighted by Crippen LogP contribution is -2.48. The SMILES string of the molecule is Cc1sc2ccccc2c1S(=O)(=O)N1CC[C@@H](N)C[C@H]1C. The monoisotopic (exact) mass is 324 g/mol. The molecule has 1 aliphatic heterocycles. The second kappa shape index (κ2) is 5.35. The molecule has 0 amide bonds. The second-order valence-electron chi connectivity index (χ2n) is 5.73. The molecule has 1 aliphatic rings. The third-order valence-corrected chi connectivity index (χ3v) is 7.55. The Hall–Kier alpha value is -0.950. The fraction of sp³-hybridized carbons (Fsp3) is 0.467. The van der Waals surface area contributed by atoms with E-state index < -0.39 is 10.0 Å². The quantitative estimate of drug-likeness (QED) is 0.924. The molecular formula is C15H20N2O2S2. The number of benzene rings is 1. The van der Waals surface area contributed by atoms with Crippen molar-refractivity contribution in [1.82, 2.24) is 4.31 Å². The number of sulfonamides is 1. The molecule has 0 saturated carbocycles. The van der Waals surface area contributed by atoms with Gasteiger partial charge < -0.3 is 5.73 Å². The van der Waals surface area contributed by atoms with E-state index in [0.717, 1.165) is 27.8 Å². The van der Waals surface area contributed by atoms with Crippen molar-refractivity contribution >= 4 is 31.4 Å². The molecule has 114 valence electrons. The van der Waals surface area contributed by atoms with Crippen LogP contribution >= 0.6 is 11.3 Å². The summed E-state index contributed by atoms with van der Waals surface area (Å²) in [4.78, 5) is 1.34. The van der Waals surface area contributed by atoms with Crippen molar-refractivity contribution in [2.75, 3.05) is 6.54 Å². The zero-order valence-corrected chi connectivity index (χ0v) is 13.9. The summed E-state index contributed by atoms with van der Waals surface area (Å²) in [6, 6.07) is 7.76. The van der Waals surface area contributed by atoms with E-state index in [-0.39, 0.29) is 12.1 Å². The highest BCUT2D eigenvalue weighted by Gasteiger charge is 2.35. The van der Waals surface area contributed by atoms with Gasteiger partial charge in [-0.05, 0) is 32.8 Å². The van der Waals surface area contributed by atoms with E-state index in [1.54, 1.807) is 15.6 Å². The highest BCUT2D eigenvalue weighted by Crippen LogP contribution is 2.37. The summed E-state index contributed by atoms with van der Waals surface area (Å²) < 4.78 is 28.8. The molecule has 1 aromatic heterocycles. The van der Waals surface area contributed by atoms with E-state index in [2.05, 4.69) is 0 Å². The van der Waals surface area contributed by atoms with Crippen LogP contribution in [0.3, 0.4) is 0 Å². The number of thiophene rings is 1. The minimum atomic E-state index is -3.46. The molecule has 0 spiro atoms. The molecule has 2 aromatic rings. The van der Waals surface area contributed by atoms with E-state index in [1.807, 2.05) is 38.1 Å². The predicted molar refractivity (Wildman–Crippen MR) is 87.1 cm³/mol. The summed E-state index contributed by atoms with van der Waals surface area (Å²) >= 11 is 1.54. The van der Waals surface area contributed by atoms with Crippen molar-refractivity contribution in [2.24, 2.45) is 5.73 Å². The van der Waals surface area contributed by atoms with Gasteiger partial charge in [0.1, 0.15) is 4.90 Å². The molecule has 1 aromatic carbocycles. The first-order chi connectivity index (χ1) is 9.91. The number of nitrogens with zero attached hydrogens (tertiary/aromatic N) is 1. The van der Waals surface area contributed by atoms with Crippen molar-refractivity contribution < 1.29 is 8.42 Å².